The van der Waals surface area contributed by atoms with Gasteiger partial charge in [-0.25, -0.2) is 9.97 Å². The SMILES string of the molecule is COn1c(=O)c(-c2c(Cl)cccc2Cl)cc2c(N)nc(-c3nncs3)nc21. The van der Waals surface area contributed by atoms with Gasteiger partial charge in [-0.1, -0.05) is 40.6 Å². The van der Waals surface area contributed by atoms with Crippen LogP contribution in [0.15, 0.2) is 34.6 Å². The van der Waals surface area contributed by atoms with Crippen LogP contribution in [0.1, 0.15) is 0 Å². The zero-order valence-electron chi connectivity index (χ0n) is 13.7. The molecule has 11 heteroatoms. The second-order valence-electron chi connectivity index (χ2n) is 5.35. The first-order valence-electron chi connectivity index (χ1n) is 7.50. The van der Waals surface area contributed by atoms with Crippen molar-refractivity contribution in [1.82, 2.24) is 24.9 Å². The van der Waals surface area contributed by atoms with Gasteiger partial charge in [-0.3, -0.25) is 4.79 Å². The fourth-order valence-electron chi connectivity index (χ4n) is 2.65. The van der Waals surface area contributed by atoms with Crippen LogP contribution in [0.2, 0.25) is 10.0 Å². The van der Waals surface area contributed by atoms with Gasteiger partial charge in [0.15, 0.2) is 16.5 Å². The molecule has 0 radical (unpaired) electrons. The second-order valence-corrected chi connectivity index (χ2v) is 7.00. The number of nitrogens with two attached hydrogens (primary N) is 1. The molecule has 4 aromatic rings. The molecule has 136 valence electrons. The number of fused-ring (bicyclic) bond motifs is 1. The highest BCUT2D eigenvalue weighted by Crippen LogP contribution is 2.34. The van der Waals surface area contributed by atoms with Crippen LogP contribution in [-0.4, -0.2) is 32.0 Å². The highest BCUT2D eigenvalue weighted by molar-refractivity contribution is 7.12. The molecule has 0 fully saturated rings. The van der Waals surface area contributed by atoms with E-state index in [9.17, 15) is 4.79 Å². The van der Waals surface area contributed by atoms with Crippen LogP contribution in [0.3, 0.4) is 0 Å². The Labute approximate surface area is 166 Å². The van der Waals surface area contributed by atoms with Crippen LogP contribution in [-0.2, 0) is 0 Å². The molecule has 0 aliphatic carbocycles. The van der Waals surface area contributed by atoms with E-state index >= 15 is 0 Å². The van der Waals surface area contributed by atoms with Crippen molar-refractivity contribution in [2.75, 3.05) is 12.8 Å². The Balaban J connectivity index is 2.08. The number of nitrogen functional groups attached to an aromatic ring is 1. The van der Waals surface area contributed by atoms with Crippen molar-refractivity contribution in [3.05, 3.63) is 50.2 Å². The predicted molar refractivity (Wildman–Crippen MR) is 105 cm³/mol. The molecule has 3 heterocycles. The van der Waals surface area contributed by atoms with Gasteiger partial charge in [0.25, 0.3) is 5.56 Å². The van der Waals surface area contributed by atoms with Gasteiger partial charge in [-0.05, 0) is 18.2 Å². The minimum Gasteiger partial charge on any atom is -0.412 e. The molecular weight excluding hydrogens is 411 g/mol. The maximum atomic E-state index is 13.0. The van der Waals surface area contributed by atoms with E-state index in [2.05, 4.69) is 20.2 Å². The van der Waals surface area contributed by atoms with E-state index in [0.29, 0.717) is 26.0 Å². The van der Waals surface area contributed by atoms with E-state index in [4.69, 9.17) is 33.8 Å². The molecule has 0 atom stereocenters. The molecule has 0 unspecified atom stereocenters. The zero-order chi connectivity index (χ0) is 19.1. The molecular formula is C16H10Cl2N6O2S. The van der Waals surface area contributed by atoms with Crippen molar-refractivity contribution in [1.29, 1.82) is 0 Å². The van der Waals surface area contributed by atoms with E-state index in [1.54, 1.807) is 29.8 Å². The third kappa shape index (κ3) is 2.89. The highest BCUT2D eigenvalue weighted by Gasteiger charge is 2.20. The first-order chi connectivity index (χ1) is 13.0. The lowest BCUT2D eigenvalue weighted by Crippen LogP contribution is -2.27. The summed E-state index contributed by atoms with van der Waals surface area (Å²) in [6.45, 7) is 0. The summed E-state index contributed by atoms with van der Waals surface area (Å²) in [6, 6.07) is 6.53. The van der Waals surface area contributed by atoms with Gasteiger partial charge in [0.1, 0.15) is 18.4 Å². The Bertz CT molecular complexity index is 1210. The molecule has 8 nitrogen and oxygen atoms in total. The topological polar surface area (TPSA) is 109 Å². The van der Waals surface area contributed by atoms with Gasteiger partial charge in [0.05, 0.1) is 21.0 Å². The van der Waals surface area contributed by atoms with Gasteiger partial charge in [-0.2, -0.15) is 0 Å². The number of benzene rings is 1. The van der Waals surface area contributed by atoms with Gasteiger partial charge >= 0.3 is 0 Å². The van der Waals surface area contributed by atoms with Crippen LogP contribution in [0, 0.1) is 0 Å². The standard InChI is InChI=1S/C16H10Cl2N6O2S/c1-26-24-14-8(12(19)21-13(22-14)15-23-20-6-27-15)5-7(16(24)25)11-9(17)3-2-4-10(11)18/h2-6H,1H3,(H2,19,21,22). The van der Waals surface area contributed by atoms with E-state index in [-0.39, 0.29) is 22.9 Å². The number of halogens is 2. The minimum atomic E-state index is -0.485. The lowest BCUT2D eigenvalue weighted by molar-refractivity contribution is 0.168. The number of hydrogen-bond acceptors (Lipinski definition) is 8. The molecule has 3 aromatic heterocycles. The smallest absolute Gasteiger partial charge is 0.293 e. The van der Waals surface area contributed by atoms with Crippen molar-refractivity contribution in [2.45, 2.75) is 0 Å². The summed E-state index contributed by atoms with van der Waals surface area (Å²) in [4.78, 5) is 26.9. The Morgan fingerprint density at radius 3 is 2.59 bits per heavy atom. The van der Waals surface area contributed by atoms with Crippen molar-refractivity contribution in [3.8, 4) is 22.0 Å². The molecule has 0 aliphatic rings. The summed E-state index contributed by atoms with van der Waals surface area (Å²) in [5.41, 5.74) is 7.99. The lowest BCUT2D eigenvalue weighted by atomic mass is 10.1. The monoisotopic (exact) mass is 420 g/mol. The summed E-state index contributed by atoms with van der Waals surface area (Å²) in [5, 5.41) is 9.22. The molecule has 0 saturated carbocycles. The van der Waals surface area contributed by atoms with Gasteiger partial charge in [0, 0.05) is 5.56 Å². The molecule has 0 bridgehead atoms. The molecule has 0 spiro atoms. The number of nitrogens with zero attached hydrogens (tertiary/aromatic N) is 5. The number of aromatic nitrogens is 5. The Morgan fingerprint density at radius 1 is 1.22 bits per heavy atom. The quantitative estimate of drug-likeness (QED) is 0.542. The van der Waals surface area contributed by atoms with E-state index < -0.39 is 5.56 Å². The van der Waals surface area contributed by atoms with Crippen LogP contribution in [0.25, 0.3) is 33.0 Å². The molecule has 0 saturated heterocycles. The summed E-state index contributed by atoms with van der Waals surface area (Å²) < 4.78 is 1.02. The average molecular weight is 421 g/mol. The van der Waals surface area contributed by atoms with Crippen molar-refractivity contribution >= 4 is 51.4 Å². The third-order valence-electron chi connectivity index (χ3n) is 3.82. The summed E-state index contributed by atoms with van der Waals surface area (Å²) in [7, 11) is 1.35. The highest BCUT2D eigenvalue weighted by atomic mass is 35.5. The lowest BCUT2D eigenvalue weighted by Gasteiger charge is -2.13. The van der Waals surface area contributed by atoms with Gasteiger partial charge < -0.3 is 10.6 Å². The first kappa shape index (κ1) is 17.7. The Hall–Kier alpha value is -2.75. The van der Waals surface area contributed by atoms with Crippen molar-refractivity contribution < 1.29 is 4.84 Å². The number of pyridine rings is 1. The number of anilines is 1. The predicted octanol–water partition coefficient (Wildman–Crippen LogP) is 2.92. The molecule has 0 aliphatic heterocycles. The van der Waals surface area contributed by atoms with Gasteiger partial charge in [-0.15, -0.1) is 14.9 Å². The molecule has 27 heavy (non-hydrogen) atoms. The summed E-state index contributed by atoms with van der Waals surface area (Å²) in [6.07, 6.45) is 0. The first-order valence-corrected chi connectivity index (χ1v) is 9.13. The maximum Gasteiger partial charge on any atom is 0.293 e. The van der Waals surface area contributed by atoms with E-state index in [1.807, 2.05) is 0 Å². The Morgan fingerprint density at radius 2 is 1.96 bits per heavy atom. The van der Waals surface area contributed by atoms with E-state index in [0.717, 1.165) is 4.73 Å². The van der Waals surface area contributed by atoms with Gasteiger partial charge in [0.2, 0.25) is 0 Å². The second kappa shape index (κ2) is 6.76. The van der Waals surface area contributed by atoms with Crippen molar-refractivity contribution in [2.24, 2.45) is 0 Å². The molecule has 0 amide bonds. The fraction of sp³-hybridized carbons (Fsp3) is 0.0625. The minimum absolute atomic E-state index is 0.153. The van der Waals surface area contributed by atoms with Crippen LogP contribution < -0.4 is 16.1 Å². The van der Waals surface area contributed by atoms with Crippen molar-refractivity contribution in [3.63, 3.8) is 0 Å². The zero-order valence-corrected chi connectivity index (χ0v) is 16.0. The number of hydrogen-bond donors (Lipinski definition) is 1. The molecule has 4 rings (SSSR count). The summed E-state index contributed by atoms with van der Waals surface area (Å²) in [5.74, 6) is 0.400. The van der Waals surface area contributed by atoms with Crippen LogP contribution >= 0.6 is 34.5 Å². The normalized spacial score (nSPS) is 11.1. The molecule has 2 N–H and O–H groups in total. The average Bonchev–Trinajstić information content (AvgIpc) is 3.17. The maximum absolute atomic E-state index is 13.0. The molecule has 1 aromatic carbocycles. The third-order valence-corrected chi connectivity index (χ3v) is 5.13. The largest absolute Gasteiger partial charge is 0.412 e. The van der Waals surface area contributed by atoms with Crippen LogP contribution in [0.5, 0.6) is 0 Å². The summed E-state index contributed by atoms with van der Waals surface area (Å²) >= 11 is 13.8. The number of rotatable bonds is 3. The van der Waals surface area contributed by atoms with Crippen LogP contribution in [0.4, 0.5) is 5.82 Å². The van der Waals surface area contributed by atoms with E-state index in [1.165, 1.54) is 18.4 Å². The Kier molecular flexibility index (Phi) is 4.42. The fourth-order valence-corrected chi connectivity index (χ4v) is 3.74.